The summed E-state index contributed by atoms with van der Waals surface area (Å²) in [5, 5.41) is 14.1. The van der Waals surface area contributed by atoms with Gasteiger partial charge in [0.05, 0.1) is 18.8 Å². The fraction of sp³-hybridized carbons (Fsp3) is 0.235. The van der Waals surface area contributed by atoms with E-state index in [1.807, 2.05) is 31.2 Å². The second-order valence-electron chi connectivity index (χ2n) is 4.95. The fourth-order valence-electron chi connectivity index (χ4n) is 2.14. The zero-order valence-corrected chi connectivity index (χ0v) is 12.1. The van der Waals surface area contributed by atoms with Gasteiger partial charge in [-0.1, -0.05) is 36.4 Å². The number of fused-ring (bicyclic) bond motifs is 1. The van der Waals surface area contributed by atoms with Gasteiger partial charge in [-0.15, -0.1) is 0 Å². The Labute approximate surface area is 124 Å². The van der Waals surface area contributed by atoms with Crippen molar-refractivity contribution in [1.82, 2.24) is 0 Å². The minimum Gasteiger partial charge on any atom is -0.478 e. The lowest BCUT2D eigenvalue weighted by Crippen LogP contribution is -2.11. The monoisotopic (exact) mass is 285 g/mol. The quantitative estimate of drug-likeness (QED) is 0.603. The lowest BCUT2D eigenvalue weighted by atomic mass is 10.0. The highest BCUT2D eigenvalue weighted by Crippen LogP contribution is 2.26. The van der Waals surface area contributed by atoms with Crippen LogP contribution in [0.1, 0.15) is 17.3 Å². The van der Waals surface area contributed by atoms with E-state index in [4.69, 9.17) is 4.74 Å². The Morgan fingerprint density at radius 3 is 2.62 bits per heavy atom. The molecule has 21 heavy (non-hydrogen) atoms. The van der Waals surface area contributed by atoms with Gasteiger partial charge in [-0.05, 0) is 24.4 Å². The van der Waals surface area contributed by atoms with Crippen LogP contribution in [0, 0.1) is 0 Å². The number of carbonyl (C=O) groups is 1. The standard InChI is InChI=1S/C17H19NO3/c1-12(2)11-21-10-9-18-16-8-7-15(17(19)20)13-5-3-4-6-14(13)16/h3-8,18H,1,9-11H2,2H3,(H,19,20). The van der Waals surface area contributed by atoms with Crippen molar-refractivity contribution < 1.29 is 14.6 Å². The molecule has 0 aliphatic heterocycles. The number of benzene rings is 2. The molecule has 0 amide bonds. The molecule has 0 heterocycles. The maximum absolute atomic E-state index is 11.2. The molecule has 0 saturated carbocycles. The first kappa shape index (κ1) is 15.1. The Morgan fingerprint density at radius 2 is 1.95 bits per heavy atom. The lowest BCUT2D eigenvalue weighted by molar-refractivity contribution is 0.0699. The van der Waals surface area contributed by atoms with Crippen molar-refractivity contribution in [2.45, 2.75) is 6.92 Å². The summed E-state index contributed by atoms with van der Waals surface area (Å²) in [6.07, 6.45) is 0. The zero-order valence-electron chi connectivity index (χ0n) is 12.1. The first-order valence-corrected chi connectivity index (χ1v) is 6.80. The van der Waals surface area contributed by atoms with Crippen LogP contribution in [-0.2, 0) is 4.74 Å². The number of ether oxygens (including phenoxy) is 1. The van der Waals surface area contributed by atoms with E-state index in [1.54, 1.807) is 12.1 Å². The molecule has 0 aliphatic rings. The molecule has 2 aromatic carbocycles. The van der Waals surface area contributed by atoms with Crippen molar-refractivity contribution in [2.75, 3.05) is 25.1 Å². The third-order valence-corrected chi connectivity index (χ3v) is 3.06. The highest BCUT2D eigenvalue weighted by Gasteiger charge is 2.10. The van der Waals surface area contributed by atoms with Crippen molar-refractivity contribution in [3.05, 3.63) is 54.1 Å². The molecule has 4 heteroatoms. The maximum atomic E-state index is 11.2. The predicted octanol–water partition coefficient (Wildman–Crippen LogP) is 3.54. The smallest absolute Gasteiger partial charge is 0.336 e. The molecular weight excluding hydrogens is 266 g/mol. The van der Waals surface area contributed by atoms with Crippen LogP contribution in [0.2, 0.25) is 0 Å². The average molecular weight is 285 g/mol. The molecule has 2 aromatic rings. The molecule has 110 valence electrons. The molecule has 0 saturated heterocycles. The van der Waals surface area contributed by atoms with E-state index in [2.05, 4.69) is 11.9 Å². The maximum Gasteiger partial charge on any atom is 0.336 e. The molecule has 2 rings (SSSR count). The van der Waals surface area contributed by atoms with Crippen molar-refractivity contribution in [3.63, 3.8) is 0 Å². The van der Waals surface area contributed by atoms with E-state index in [0.717, 1.165) is 22.0 Å². The highest BCUT2D eigenvalue weighted by molar-refractivity contribution is 6.07. The second-order valence-corrected chi connectivity index (χ2v) is 4.95. The van der Waals surface area contributed by atoms with Crippen molar-refractivity contribution in [2.24, 2.45) is 0 Å². The van der Waals surface area contributed by atoms with Crippen molar-refractivity contribution in [3.8, 4) is 0 Å². The predicted molar refractivity (Wildman–Crippen MR) is 85.0 cm³/mol. The number of aromatic carboxylic acids is 1. The van der Waals surface area contributed by atoms with Crippen molar-refractivity contribution in [1.29, 1.82) is 0 Å². The number of nitrogens with one attached hydrogen (secondary N) is 1. The molecule has 0 atom stereocenters. The molecule has 0 unspecified atom stereocenters. The minimum atomic E-state index is -0.914. The summed E-state index contributed by atoms with van der Waals surface area (Å²) < 4.78 is 5.43. The van der Waals surface area contributed by atoms with Gasteiger partial charge in [0.15, 0.2) is 0 Å². The van der Waals surface area contributed by atoms with Gasteiger partial charge in [-0.3, -0.25) is 0 Å². The van der Waals surface area contributed by atoms with E-state index in [-0.39, 0.29) is 0 Å². The van der Waals surface area contributed by atoms with Gasteiger partial charge >= 0.3 is 5.97 Å². The van der Waals surface area contributed by atoms with Gasteiger partial charge in [-0.2, -0.15) is 0 Å². The first-order chi connectivity index (χ1) is 10.1. The van der Waals surface area contributed by atoms with Crippen LogP contribution < -0.4 is 5.32 Å². The molecule has 0 aliphatic carbocycles. The van der Waals surface area contributed by atoms with Gasteiger partial charge in [-0.25, -0.2) is 4.79 Å². The Bertz CT molecular complexity index is 664. The number of rotatable bonds is 7. The Balaban J connectivity index is 2.12. The van der Waals surface area contributed by atoms with E-state index in [1.165, 1.54) is 0 Å². The van der Waals surface area contributed by atoms with E-state index >= 15 is 0 Å². The van der Waals surface area contributed by atoms with Gasteiger partial charge in [0, 0.05) is 17.6 Å². The van der Waals surface area contributed by atoms with Gasteiger partial charge in [0.2, 0.25) is 0 Å². The Kier molecular flexibility index (Phi) is 4.95. The molecule has 0 bridgehead atoms. The summed E-state index contributed by atoms with van der Waals surface area (Å²) in [5.41, 5.74) is 2.22. The van der Waals surface area contributed by atoms with Crippen molar-refractivity contribution >= 4 is 22.4 Å². The van der Waals surface area contributed by atoms with E-state index < -0.39 is 5.97 Å². The first-order valence-electron chi connectivity index (χ1n) is 6.80. The second kappa shape index (κ2) is 6.90. The Hall–Kier alpha value is -2.33. The SMILES string of the molecule is C=C(C)COCCNc1ccc(C(=O)O)c2ccccc12. The highest BCUT2D eigenvalue weighted by atomic mass is 16.5. The van der Waals surface area contributed by atoms with Gasteiger partial charge < -0.3 is 15.2 Å². The summed E-state index contributed by atoms with van der Waals surface area (Å²) >= 11 is 0. The van der Waals surface area contributed by atoms with Crippen LogP contribution in [0.25, 0.3) is 10.8 Å². The average Bonchev–Trinajstić information content (AvgIpc) is 2.46. The third-order valence-electron chi connectivity index (χ3n) is 3.06. The summed E-state index contributed by atoms with van der Waals surface area (Å²) in [7, 11) is 0. The molecule has 0 radical (unpaired) electrons. The number of carboxylic acids is 1. The number of hydrogen-bond donors (Lipinski definition) is 2. The molecule has 4 nitrogen and oxygen atoms in total. The van der Waals surface area contributed by atoms with Gasteiger partial charge in [0.1, 0.15) is 0 Å². The van der Waals surface area contributed by atoms with Crippen LogP contribution in [0.3, 0.4) is 0 Å². The Morgan fingerprint density at radius 1 is 1.24 bits per heavy atom. The van der Waals surface area contributed by atoms with Crippen LogP contribution >= 0.6 is 0 Å². The lowest BCUT2D eigenvalue weighted by Gasteiger charge is -2.12. The van der Waals surface area contributed by atoms with E-state index in [9.17, 15) is 9.90 Å². The number of carboxylic acid groups (broad SMARTS) is 1. The normalized spacial score (nSPS) is 10.5. The van der Waals surface area contributed by atoms with Crippen LogP contribution in [0.5, 0.6) is 0 Å². The zero-order chi connectivity index (χ0) is 15.2. The summed E-state index contributed by atoms with van der Waals surface area (Å²) in [6.45, 7) is 7.48. The molecule has 2 N–H and O–H groups in total. The summed E-state index contributed by atoms with van der Waals surface area (Å²) in [4.78, 5) is 11.2. The van der Waals surface area contributed by atoms with Crippen LogP contribution in [0.4, 0.5) is 5.69 Å². The number of hydrogen-bond acceptors (Lipinski definition) is 3. The number of anilines is 1. The minimum absolute atomic E-state index is 0.315. The third kappa shape index (κ3) is 3.83. The fourth-order valence-corrected chi connectivity index (χ4v) is 2.14. The van der Waals surface area contributed by atoms with Crippen LogP contribution in [-0.4, -0.2) is 30.8 Å². The molecule has 0 spiro atoms. The van der Waals surface area contributed by atoms with Crippen LogP contribution in [0.15, 0.2) is 48.6 Å². The molecule has 0 aromatic heterocycles. The summed E-state index contributed by atoms with van der Waals surface area (Å²) in [6, 6.07) is 10.9. The molecule has 0 fully saturated rings. The topological polar surface area (TPSA) is 58.6 Å². The summed E-state index contributed by atoms with van der Waals surface area (Å²) in [5.74, 6) is -0.914. The van der Waals surface area contributed by atoms with E-state index in [0.29, 0.717) is 25.3 Å². The largest absolute Gasteiger partial charge is 0.478 e. The molecular formula is C17H19NO3. The van der Waals surface area contributed by atoms with Gasteiger partial charge in [0.25, 0.3) is 0 Å².